The molecule has 0 radical (unpaired) electrons. The topological polar surface area (TPSA) is 57.4 Å². The molecule has 4 heteroatoms. The number of fused-ring (bicyclic) bond motifs is 2. The molecule has 2 aliphatic heterocycles. The lowest BCUT2D eigenvalue weighted by atomic mass is 9.70. The molecule has 2 bridgehead atoms. The normalized spacial score (nSPS) is 33.9. The van der Waals surface area contributed by atoms with Crippen LogP contribution in [0.4, 0.5) is 0 Å². The molecule has 0 saturated carbocycles. The van der Waals surface area contributed by atoms with Crippen LogP contribution in [-0.4, -0.2) is 30.8 Å². The molecule has 3 unspecified atom stereocenters. The summed E-state index contributed by atoms with van der Waals surface area (Å²) in [5.74, 6) is 0.716. The summed E-state index contributed by atoms with van der Waals surface area (Å²) >= 11 is 0. The van der Waals surface area contributed by atoms with Gasteiger partial charge < -0.3 is 15.2 Å². The number of aromatic nitrogens is 1. The lowest BCUT2D eigenvalue weighted by molar-refractivity contribution is 0.0633. The molecule has 2 fully saturated rings. The van der Waals surface area contributed by atoms with Gasteiger partial charge in [-0.1, -0.05) is 6.07 Å². The first-order valence-electron chi connectivity index (χ1n) is 6.61. The Balaban J connectivity index is 1.86. The Morgan fingerprint density at radius 1 is 1.56 bits per heavy atom. The van der Waals surface area contributed by atoms with Gasteiger partial charge in [0.15, 0.2) is 0 Å². The van der Waals surface area contributed by atoms with E-state index in [1.807, 2.05) is 6.07 Å². The van der Waals surface area contributed by atoms with E-state index in [9.17, 15) is 0 Å². The second-order valence-corrected chi connectivity index (χ2v) is 5.44. The van der Waals surface area contributed by atoms with E-state index >= 15 is 0 Å². The average Bonchev–Trinajstić information content (AvgIpc) is 3.00. The summed E-state index contributed by atoms with van der Waals surface area (Å²) in [4.78, 5) is 4.26. The zero-order valence-electron chi connectivity index (χ0n) is 10.8. The Kier molecular flexibility index (Phi) is 2.99. The van der Waals surface area contributed by atoms with Gasteiger partial charge in [-0.3, -0.25) is 0 Å². The largest absolute Gasteiger partial charge is 0.481 e. The zero-order valence-corrected chi connectivity index (χ0v) is 10.8. The summed E-state index contributed by atoms with van der Waals surface area (Å²) in [5, 5.41) is 0. The minimum absolute atomic E-state index is 0.0826. The van der Waals surface area contributed by atoms with E-state index in [0.717, 1.165) is 24.8 Å². The van der Waals surface area contributed by atoms with Crippen molar-refractivity contribution in [1.82, 2.24) is 4.98 Å². The van der Waals surface area contributed by atoms with E-state index in [-0.39, 0.29) is 5.41 Å². The molecule has 0 spiro atoms. The fourth-order valence-corrected chi connectivity index (χ4v) is 3.49. The lowest BCUT2D eigenvalue weighted by Gasteiger charge is -2.34. The molecule has 0 amide bonds. The molecule has 0 aromatic carbocycles. The van der Waals surface area contributed by atoms with Crippen molar-refractivity contribution in [2.24, 2.45) is 11.1 Å². The maximum absolute atomic E-state index is 6.05. The molecule has 3 atom stereocenters. The van der Waals surface area contributed by atoms with Gasteiger partial charge in [-0.2, -0.15) is 0 Å². The molecule has 0 aliphatic carbocycles. The van der Waals surface area contributed by atoms with Crippen LogP contribution >= 0.6 is 0 Å². The molecular formula is C14H20N2O2. The number of hydrogen-bond donors (Lipinski definition) is 1. The number of hydrogen-bond acceptors (Lipinski definition) is 4. The van der Waals surface area contributed by atoms with Gasteiger partial charge in [-0.15, -0.1) is 0 Å². The summed E-state index contributed by atoms with van der Waals surface area (Å²) in [6.07, 6.45) is 6.81. The fraction of sp³-hybridized carbons (Fsp3) is 0.643. The Labute approximate surface area is 107 Å². The number of ether oxygens (including phenoxy) is 2. The van der Waals surface area contributed by atoms with Crippen molar-refractivity contribution in [1.29, 1.82) is 0 Å². The van der Waals surface area contributed by atoms with Gasteiger partial charge in [0, 0.05) is 23.7 Å². The Morgan fingerprint density at radius 2 is 2.44 bits per heavy atom. The molecule has 1 aromatic rings. The number of nitrogens with two attached hydrogens (primary N) is 1. The molecule has 2 aliphatic rings. The second-order valence-electron chi connectivity index (χ2n) is 5.44. The van der Waals surface area contributed by atoms with E-state index in [1.54, 1.807) is 13.3 Å². The quantitative estimate of drug-likeness (QED) is 0.878. The van der Waals surface area contributed by atoms with Crippen molar-refractivity contribution in [2.45, 2.75) is 37.9 Å². The highest BCUT2D eigenvalue weighted by atomic mass is 16.5. The molecular weight excluding hydrogens is 228 g/mol. The van der Waals surface area contributed by atoms with Crippen molar-refractivity contribution in [3.63, 3.8) is 0 Å². The molecule has 3 heterocycles. The Bertz CT molecular complexity index is 438. The van der Waals surface area contributed by atoms with Gasteiger partial charge in [0.2, 0.25) is 5.88 Å². The molecule has 4 nitrogen and oxygen atoms in total. The highest BCUT2D eigenvalue weighted by molar-refractivity contribution is 5.28. The summed E-state index contributed by atoms with van der Waals surface area (Å²) in [5.41, 5.74) is 7.28. The number of rotatable bonds is 4. The number of nitrogens with zero attached hydrogens (tertiary/aromatic N) is 1. The summed E-state index contributed by atoms with van der Waals surface area (Å²) < 4.78 is 11.3. The van der Waals surface area contributed by atoms with Gasteiger partial charge in [0.1, 0.15) is 0 Å². The molecule has 98 valence electrons. The van der Waals surface area contributed by atoms with Crippen molar-refractivity contribution in [2.75, 3.05) is 13.7 Å². The smallest absolute Gasteiger partial charge is 0.216 e. The Morgan fingerprint density at radius 3 is 3.06 bits per heavy atom. The van der Waals surface area contributed by atoms with Crippen LogP contribution in [0.1, 0.15) is 24.8 Å². The minimum atomic E-state index is 0.0826. The maximum atomic E-state index is 6.05. The molecule has 2 saturated heterocycles. The first-order valence-corrected chi connectivity index (χ1v) is 6.61. The van der Waals surface area contributed by atoms with Crippen LogP contribution in [0.5, 0.6) is 5.88 Å². The average molecular weight is 248 g/mol. The molecule has 1 aromatic heterocycles. The van der Waals surface area contributed by atoms with Crippen LogP contribution in [0, 0.1) is 5.41 Å². The zero-order chi connectivity index (χ0) is 12.6. The van der Waals surface area contributed by atoms with E-state index in [4.69, 9.17) is 15.2 Å². The van der Waals surface area contributed by atoms with E-state index in [0.29, 0.717) is 24.6 Å². The van der Waals surface area contributed by atoms with E-state index in [2.05, 4.69) is 11.1 Å². The van der Waals surface area contributed by atoms with E-state index in [1.165, 1.54) is 6.42 Å². The number of methoxy groups -OCH3 is 1. The van der Waals surface area contributed by atoms with Crippen LogP contribution in [0.15, 0.2) is 18.3 Å². The first-order chi connectivity index (χ1) is 8.77. The fourth-order valence-electron chi connectivity index (χ4n) is 3.49. The van der Waals surface area contributed by atoms with Crippen molar-refractivity contribution < 1.29 is 9.47 Å². The van der Waals surface area contributed by atoms with Gasteiger partial charge in [-0.05, 0) is 31.7 Å². The summed E-state index contributed by atoms with van der Waals surface area (Å²) in [6.45, 7) is 0.673. The third kappa shape index (κ3) is 1.80. The van der Waals surface area contributed by atoms with Crippen molar-refractivity contribution >= 4 is 0 Å². The van der Waals surface area contributed by atoms with Crippen LogP contribution in [0.25, 0.3) is 0 Å². The predicted octanol–water partition coefficient (Wildman–Crippen LogP) is 1.53. The van der Waals surface area contributed by atoms with Gasteiger partial charge in [-0.25, -0.2) is 4.98 Å². The van der Waals surface area contributed by atoms with Crippen LogP contribution in [0.3, 0.4) is 0 Å². The summed E-state index contributed by atoms with van der Waals surface area (Å²) in [6, 6.07) is 4.03. The second kappa shape index (κ2) is 4.52. The van der Waals surface area contributed by atoms with Crippen LogP contribution in [-0.2, 0) is 11.2 Å². The molecule has 18 heavy (non-hydrogen) atoms. The molecule has 2 N–H and O–H groups in total. The van der Waals surface area contributed by atoms with Crippen LogP contribution < -0.4 is 10.5 Å². The standard InChI is InChI=1S/C14H20N2O2/c1-17-13-10(3-2-6-16-13)7-14(9-15)8-11-4-5-12(14)18-11/h2-3,6,11-12H,4-5,7-9,15H2,1H3. The van der Waals surface area contributed by atoms with Crippen molar-refractivity contribution in [3.8, 4) is 5.88 Å². The third-order valence-electron chi connectivity index (χ3n) is 4.42. The van der Waals surface area contributed by atoms with Crippen LogP contribution in [0.2, 0.25) is 0 Å². The SMILES string of the molecule is COc1ncccc1CC1(CN)CC2CCC1O2. The highest BCUT2D eigenvalue weighted by Gasteiger charge is 2.51. The monoisotopic (exact) mass is 248 g/mol. The first kappa shape index (κ1) is 11.9. The maximum Gasteiger partial charge on any atom is 0.216 e. The lowest BCUT2D eigenvalue weighted by Crippen LogP contribution is -2.41. The van der Waals surface area contributed by atoms with Gasteiger partial charge in [0.05, 0.1) is 19.3 Å². The van der Waals surface area contributed by atoms with Gasteiger partial charge >= 0.3 is 0 Å². The van der Waals surface area contributed by atoms with E-state index < -0.39 is 0 Å². The highest BCUT2D eigenvalue weighted by Crippen LogP contribution is 2.49. The molecule has 3 rings (SSSR count). The predicted molar refractivity (Wildman–Crippen MR) is 68.5 cm³/mol. The minimum Gasteiger partial charge on any atom is -0.481 e. The third-order valence-corrected chi connectivity index (χ3v) is 4.42. The van der Waals surface area contributed by atoms with Crippen molar-refractivity contribution in [3.05, 3.63) is 23.9 Å². The summed E-state index contributed by atoms with van der Waals surface area (Å²) in [7, 11) is 1.66. The number of pyridine rings is 1. The Hall–Kier alpha value is -1.13. The van der Waals surface area contributed by atoms with Gasteiger partial charge in [0.25, 0.3) is 0 Å².